The molecule has 1 heterocycles. The van der Waals surface area contributed by atoms with Gasteiger partial charge in [0.05, 0.1) is 6.42 Å². The largest absolute Gasteiger partial charge is 0.399 e. The maximum Gasteiger partial charge on any atom is 0.253 e. The van der Waals surface area contributed by atoms with Crippen LogP contribution in [0, 0.1) is 0 Å². The molecule has 0 aromatic heterocycles. The Morgan fingerprint density at radius 2 is 1.58 bits per heavy atom. The second kappa shape index (κ2) is 8.01. The van der Waals surface area contributed by atoms with Gasteiger partial charge in [-0.1, -0.05) is 12.1 Å². The quantitative estimate of drug-likeness (QED) is 0.823. The number of piperazine rings is 1. The third-order valence-corrected chi connectivity index (χ3v) is 4.55. The molecule has 2 amide bonds. The number of amides is 2. The first-order chi connectivity index (χ1) is 12.5. The van der Waals surface area contributed by atoms with Crippen molar-refractivity contribution in [3.05, 3.63) is 59.7 Å². The standard InChI is InChI=1S/C20H24N4O2/c1-23-10-12-24(13-11-23)20(26)16-4-8-18(9-5-16)22-19(25)14-15-2-6-17(21)7-3-15/h2-9H,10-14,21H2,1H3,(H,22,25). The fraction of sp³-hybridized carbons (Fsp3) is 0.300. The number of nitrogens with one attached hydrogen (secondary N) is 1. The summed E-state index contributed by atoms with van der Waals surface area (Å²) in [5.74, 6) is -0.0641. The van der Waals surface area contributed by atoms with E-state index in [9.17, 15) is 9.59 Å². The van der Waals surface area contributed by atoms with Crippen LogP contribution in [0.1, 0.15) is 15.9 Å². The summed E-state index contributed by atoms with van der Waals surface area (Å²) in [6, 6.07) is 14.3. The topological polar surface area (TPSA) is 78.7 Å². The minimum absolute atomic E-state index is 0.0397. The Morgan fingerprint density at radius 3 is 2.19 bits per heavy atom. The van der Waals surface area contributed by atoms with Crippen molar-refractivity contribution in [3.63, 3.8) is 0 Å². The normalized spacial score (nSPS) is 14.9. The molecule has 0 unspecified atom stereocenters. The zero-order valence-corrected chi connectivity index (χ0v) is 14.9. The molecular formula is C20H24N4O2. The molecule has 1 saturated heterocycles. The third-order valence-electron chi connectivity index (χ3n) is 4.55. The summed E-state index contributed by atoms with van der Waals surface area (Å²) in [4.78, 5) is 28.7. The molecule has 1 fully saturated rings. The van der Waals surface area contributed by atoms with Crippen LogP contribution in [0.15, 0.2) is 48.5 Å². The van der Waals surface area contributed by atoms with Crippen molar-refractivity contribution in [3.8, 4) is 0 Å². The molecule has 1 aliphatic heterocycles. The summed E-state index contributed by atoms with van der Waals surface area (Å²) in [6.45, 7) is 3.28. The zero-order valence-electron chi connectivity index (χ0n) is 14.9. The molecule has 0 atom stereocenters. The van der Waals surface area contributed by atoms with Gasteiger partial charge in [0.2, 0.25) is 5.91 Å². The van der Waals surface area contributed by atoms with Crippen LogP contribution in [-0.4, -0.2) is 54.8 Å². The lowest BCUT2D eigenvalue weighted by Gasteiger charge is -2.32. The Kier molecular flexibility index (Phi) is 5.53. The molecule has 0 aliphatic carbocycles. The van der Waals surface area contributed by atoms with Gasteiger partial charge in [0, 0.05) is 43.1 Å². The molecule has 2 aromatic carbocycles. The monoisotopic (exact) mass is 352 g/mol. The second-order valence-corrected chi connectivity index (χ2v) is 6.64. The Bertz CT molecular complexity index is 763. The maximum atomic E-state index is 12.5. The van der Waals surface area contributed by atoms with Crippen molar-refractivity contribution >= 4 is 23.2 Å². The molecule has 3 rings (SSSR count). The molecule has 0 bridgehead atoms. The summed E-state index contributed by atoms with van der Waals surface area (Å²) in [5.41, 5.74) is 8.55. The summed E-state index contributed by atoms with van der Waals surface area (Å²) in [6.07, 6.45) is 0.280. The minimum Gasteiger partial charge on any atom is -0.399 e. The highest BCUT2D eigenvalue weighted by molar-refractivity contribution is 5.96. The molecule has 6 nitrogen and oxygen atoms in total. The van der Waals surface area contributed by atoms with Crippen molar-refractivity contribution in [1.82, 2.24) is 9.80 Å². The third kappa shape index (κ3) is 4.61. The van der Waals surface area contributed by atoms with Gasteiger partial charge in [-0.15, -0.1) is 0 Å². The van der Waals surface area contributed by atoms with Gasteiger partial charge in [0.25, 0.3) is 5.91 Å². The predicted molar refractivity (Wildman–Crippen MR) is 103 cm³/mol. The average molecular weight is 352 g/mol. The summed E-state index contributed by atoms with van der Waals surface area (Å²) in [7, 11) is 2.06. The number of nitrogens with two attached hydrogens (primary N) is 1. The molecule has 0 radical (unpaired) electrons. The lowest BCUT2D eigenvalue weighted by atomic mass is 10.1. The van der Waals surface area contributed by atoms with E-state index in [2.05, 4.69) is 17.3 Å². The first kappa shape index (κ1) is 17.9. The molecule has 0 spiro atoms. The molecule has 3 N–H and O–H groups in total. The SMILES string of the molecule is CN1CCN(C(=O)c2ccc(NC(=O)Cc3ccc(N)cc3)cc2)CC1. The van der Waals surface area contributed by atoms with Gasteiger partial charge < -0.3 is 20.9 Å². The van der Waals surface area contributed by atoms with E-state index in [1.54, 1.807) is 36.4 Å². The van der Waals surface area contributed by atoms with Crippen LogP contribution < -0.4 is 11.1 Å². The number of hydrogen-bond acceptors (Lipinski definition) is 4. The molecule has 2 aromatic rings. The highest BCUT2D eigenvalue weighted by Crippen LogP contribution is 2.14. The number of nitrogen functional groups attached to an aromatic ring is 1. The first-order valence-electron chi connectivity index (χ1n) is 8.73. The van der Waals surface area contributed by atoms with Crippen LogP contribution >= 0.6 is 0 Å². The highest BCUT2D eigenvalue weighted by atomic mass is 16.2. The average Bonchev–Trinajstić information content (AvgIpc) is 2.64. The van der Waals surface area contributed by atoms with Crippen molar-refractivity contribution in [2.45, 2.75) is 6.42 Å². The highest BCUT2D eigenvalue weighted by Gasteiger charge is 2.20. The van der Waals surface area contributed by atoms with E-state index in [4.69, 9.17) is 5.73 Å². The smallest absolute Gasteiger partial charge is 0.253 e. The van der Waals surface area contributed by atoms with E-state index < -0.39 is 0 Å². The van der Waals surface area contributed by atoms with E-state index >= 15 is 0 Å². The van der Waals surface area contributed by atoms with Crippen LogP contribution in [-0.2, 0) is 11.2 Å². The van der Waals surface area contributed by atoms with Gasteiger partial charge in [-0.05, 0) is 49.0 Å². The molecule has 6 heteroatoms. The van der Waals surface area contributed by atoms with Gasteiger partial charge in [-0.2, -0.15) is 0 Å². The van der Waals surface area contributed by atoms with Gasteiger partial charge in [-0.3, -0.25) is 9.59 Å². The van der Waals surface area contributed by atoms with Crippen LogP contribution in [0.5, 0.6) is 0 Å². The van der Waals surface area contributed by atoms with Crippen LogP contribution in [0.2, 0.25) is 0 Å². The van der Waals surface area contributed by atoms with E-state index in [1.165, 1.54) is 0 Å². The van der Waals surface area contributed by atoms with Gasteiger partial charge in [0.1, 0.15) is 0 Å². The second-order valence-electron chi connectivity index (χ2n) is 6.64. The molecular weight excluding hydrogens is 328 g/mol. The number of carbonyl (C=O) groups excluding carboxylic acids is 2. The number of rotatable bonds is 4. The molecule has 0 saturated carbocycles. The number of carbonyl (C=O) groups is 2. The van der Waals surface area contributed by atoms with E-state index in [1.807, 2.05) is 17.0 Å². The minimum atomic E-state index is -0.104. The van der Waals surface area contributed by atoms with Crippen LogP contribution in [0.3, 0.4) is 0 Å². The molecule has 1 aliphatic rings. The lowest BCUT2D eigenvalue weighted by Crippen LogP contribution is -2.47. The summed E-state index contributed by atoms with van der Waals surface area (Å²) < 4.78 is 0. The van der Waals surface area contributed by atoms with Crippen LogP contribution in [0.25, 0.3) is 0 Å². The van der Waals surface area contributed by atoms with Crippen molar-refractivity contribution in [2.75, 3.05) is 44.3 Å². The Hall–Kier alpha value is -2.86. The molecule has 26 heavy (non-hydrogen) atoms. The van der Waals surface area contributed by atoms with Gasteiger partial charge in [-0.25, -0.2) is 0 Å². The number of hydrogen-bond donors (Lipinski definition) is 2. The van der Waals surface area contributed by atoms with Crippen LogP contribution in [0.4, 0.5) is 11.4 Å². The van der Waals surface area contributed by atoms with E-state index in [-0.39, 0.29) is 18.2 Å². The van der Waals surface area contributed by atoms with Crippen molar-refractivity contribution < 1.29 is 9.59 Å². The van der Waals surface area contributed by atoms with Crippen molar-refractivity contribution in [2.24, 2.45) is 0 Å². The van der Waals surface area contributed by atoms with Gasteiger partial charge in [0.15, 0.2) is 0 Å². The Balaban J connectivity index is 1.56. The summed E-state index contributed by atoms with van der Waals surface area (Å²) in [5, 5.41) is 2.85. The number of anilines is 2. The number of likely N-dealkylation sites (N-methyl/N-ethyl adjacent to an activating group) is 1. The fourth-order valence-electron chi connectivity index (χ4n) is 2.91. The first-order valence-corrected chi connectivity index (χ1v) is 8.73. The van der Waals surface area contributed by atoms with Crippen molar-refractivity contribution in [1.29, 1.82) is 0 Å². The lowest BCUT2D eigenvalue weighted by molar-refractivity contribution is -0.115. The van der Waals surface area contributed by atoms with E-state index in [0.717, 1.165) is 31.7 Å². The fourth-order valence-corrected chi connectivity index (χ4v) is 2.91. The van der Waals surface area contributed by atoms with E-state index in [0.29, 0.717) is 16.9 Å². The molecule has 136 valence electrons. The Labute approximate surface area is 153 Å². The number of benzene rings is 2. The predicted octanol–water partition coefficient (Wildman–Crippen LogP) is 1.84. The number of nitrogens with zero attached hydrogens (tertiary/aromatic N) is 2. The maximum absolute atomic E-state index is 12.5. The zero-order chi connectivity index (χ0) is 18.5. The van der Waals surface area contributed by atoms with Gasteiger partial charge >= 0.3 is 0 Å². The Morgan fingerprint density at radius 1 is 0.962 bits per heavy atom. The summed E-state index contributed by atoms with van der Waals surface area (Å²) >= 11 is 0.